The van der Waals surface area contributed by atoms with Gasteiger partial charge in [-0.05, 0) is 57.0 Å². The van der Waals surface area contributed by atoms with Crippen LogP contribution in [0.5, 0.6) is 5.75 Å². The molecule has 1 aliphatic rings. The SMILES string of the molecule is CCCCCOc1ccc(S(=O)(=O)NC2CCNC(C)C2)cc1.Cl. The molecule has 1 aromatic carbocycles. The number of sulfonamides is 1. The van der Waals surface area contributed by atoms with Crippen LogP contribution in [0.4, 0.5) is 0 Å². The summed E-state index contributed by atoms with van der Waals surface area (Å²) in [5, 5.41) is 3.32. The van der Waals surface area contributed by atoms with Gasteiger partial charge in [-0.2, -0.15) is 0 Å². The van der Waals surface area contributed by atoms with E-state index in [4.69, 9.17) is 4.74 Å². The number of benzene rings is 1. The van der Waals surface area contributed by atoms with Crippen LogP contribution in [0.1, 0.15) is 46.0 Å². The van der Waals surface area contributed by atoms with E-state index < -0.39 is 10.0 Å². The summed E-state index contributed by atoms with van der Waals surface area (Å²) in [4.78, 5) is 0.296. The van der Waals surface area contributed by atoms with Crippen LogP contribution in [-0.4, -0.2) is 33.7 Å². The molecule has 2 N–H and O–H groups in total. The third-order valence-electron chi connectivity index (χ3n) is 4.10. The lowest BCUT2D eigenvalue weighted by atomic mass is 10.0. The first kappa shape index (κ1) is 21.2. The van der Waals surface area contributed by atoms with Gasteiger partial charge in [-0.15, -0.1) is 12.4 Å². The molecule has 2 unspecified atom stereocenters. The zero-order chi connectivity index (χ0) is 16.7. The van der Waals surface area contributed by atoms with E-state index in [2.05, 4.69) is 23.9 Å². The highest BCUT2D eigenvalue weighted by Crippen LogP contribution is 2.18. The molecule has 2 rings (SSSR count). The van der Waals surface area contributed by atoms with Gasteiger partial charge < -0.3 is 10.1 Å². The van der Waals surface area contributed by atoms with Gasteiger partial charge in [-0.3, -0.25) is 0 Å². The van der Waals surface area contributed by atoms with Gasteiger partial charge in [-0.25, -0.2) is 13.1 Å². The summed E-state index contributed by atoms with van der Waals surface area (Å²) < 4.78 is 33.3. The fourth-order valence-corrected chi connectivity index (χ4v) is 4.07. The van der Waals surface area contributed by atoms with E-state index in [9.17, 15) is 8.42 Å². The standard InChI is InChI=1S/C17H28N2O3S.ClH/c1-3-4-5-12-22-16-6-8-17(9-7-16)23(20,21)19-15-10-11-18-14(2)13-15;/h6-9,14-15,18-19H,3-5,10-13H2,1-2H3;1H. The number of piperidine rings is 1. The smallest absolute Gasteiger partial charge is 0.240 e. The van der Waals surface area contributed by atoms with Gasteiger partial charge in [0.1, 0.15) is 5.75 Å². The van der Waals surface area contributed by atoms with Crippen LogP contribution in [0, 0.1) is 0 Å². The number of hydrogen-bond donors (Lipinski definition) is 2. The summed E-state index contributed by atoms with van der Waals surface area (Å²) >= 11 is 0. The summed E-state index contributed by atoms with van der Waals surface area (Å²) in [7, 11) is -3.46. The van der Waals surface area contributed by atoms with E-state index in [1.54, 1.807) is 24.3 Å². The largest absolute Gasteiger partial charge is 0.494 e. The summed E-state index contributed by atoms with van der Waals surface area (Å²) in [6.07, 6.45) is 4.96. The van der Waals surface area contributed by atoms with Crippen molar-refractivity contribution in [1.29, 1.82) is 0 Å². The minimum atomic E-state index is -3.46. The van der Waals surface area contributed by atoms with Crippen LogP contribution in [0.25, 0.3) is 0 Å². The van der Waals surface area contributed by atoms with Crippen LogP contribution in [-0.2, 0) is 10.0 Å². The fourth-order valence-electron chi connectivity index (χ4n) is 2.78. The second-order valence-electron chi connectivity index (χ2n) is 6.22. The Balaban J connectivity index is 0.00000288. The molecule has 0 radical (unpaired) electrons. The summed E-state index contributed by atoms with van der Waals surface area (Å²) in [6.45, 7) is 5.74. The molecule has 0 aromatic heterocycles. The first-order valence-electron chi connectivity index (χ1n) is 8.50. The van der Waals surface area contributed by atoms with Crippen molar-refractivity contribution in [3.63, 3.8) is 0 Å². The molecule has 2 atom stereocenters. The van der Waals surface area contributed by atoms with Crippen molar-refractivity contribution in [2.45, 2.75) is 62.9 Å². The lowest BCUT2D eigenvalue weighted by molar-refractivity contribution is 0.306. The number of nitrogens with one attached hydrogen (secondary N) is 2. The number of unbranched alkanes of at least 4 members (excludes halogenated alkanes) is 2. The topological polar surface area (TPSA) is 67.4 Å². The number of rotatable bonds is 8. The average Bonchev–Trinajstić information content (AvgIpc) is 2.52. The monoisotopic (exact) mass is 376 g/mol. The van der Waals surface area contributed by atoms with Gasteiger partial charge in [0.25, 0.3) is 0 Å². The van der Waals surface area contributed by atoms with Crippen molar-refractivity contribution < 1.29 is 13.2 Å². The van der Waals surface area contributed by atoms with Gasteiger partial charge in [-0.1, -0.05) is 19.8 Å². The van der Waals surface area contributed by atoms with Crippen molar-refractivity contribution in [1.82, 2.24) is 10.0 Å². The number of halogens is 1. The van der Waals surface area contributed by atoms with Gasteiger partial charge >= 0.3 is 0 Å². The molecule has 7 heteroatoms. The highest BCUT2D eigenvalue weighted by atomic mass is 35.5. The van der Waals surface area contributed by atoms with Gasteiger partial charge in [0.05, 0.1) is 11.5 Å². The first-order valence-corrected chi connectivity index (χ1v) is 9.98. The third kappa shape index (κ3) is 6.59. The zero-order valence-corrected chi connectivity index (χ0v) is 16.1. The normalized spacial score (nSPS) is 21.1. The Labute approximate surface area is 152 Å². The maximum atomic E-state index is 12.4. The van der Waals surface area contributed by atoms with Crippen molar-refractivity contribution in [2.24, 2.45) is 0 Å². The molecular weight excluding hydrogens is 348 g/mol. The minimum absolute atomic E-state index is 0. The third-order valence-corrected chi connectivity index (χ3v) is 5.63. The Morgan fingerprint density at radius 3 is 2.58 bits per heavy atom. The van der Waals surface area contributed by atoms with Crippen LogP contribution in [0.15, 0.2) is 29.2 Å². The lowest BCUT2D eigenvalue weighted by Crippen LogP contribution is -2.46. The highest BCUT2D eigenvalue weighted by Gasteiger charge is 2.24. The van der Waals surface area contributed by atoms with E-state index >= 15 is 0 Å². The zero-order valence-electron chi connectivity index (χ0n) is 14.5. The summed E-state index contributed by atoms with van der Waals surface area (Å²) in [5.74, 6) is 0.718. The van der Waals surface area contributed by atoms with E-state index in [1.807, 2.05) is 0 Å². The highest BCUT2D eigenvalue weighted by molar-refractivity contribution is 7.89. The van der Waals surface area contributed by atoms with E-state index in [0.29, 0.717) is 17.5 Å². The van der Waals surface area contributed by atoms with Gasteiger partial charge in [0, 0.05) is 12.1 Å². The molecule has 1 saturated heterocycles. The Hall–Kier alpha value is -0.820. The predicted molar refractivity (Wildman–Crippen MR) is 99.5 cm³/mol. The van der Waals surface area contributed by atoms with Crippen molar-refractivity contribution in [2.75, 3.05) is 13.2 Å². The molecule has 1 fully saturated rings. The second-order valence-corrected chi connectivity index (χ2v) is 7.94. The molecule has 24 heavy (non-hydrogen) atoms. The molecule has 0 saturated carbocycles. The van der Waals surface area contributed by atoms with Gasteiger partial charge in [0.15, 0.2) is 0 Å². The Bertz CT molecular complexity index is 578. The molecule has 0 amide bonds. The molecule has 0 aliphatic carbocycles. The average molecular weight is 377 g/mol. The maximum absolute atomic E-state index is 12.4. The van der Waals surface area contributed by atoms with E-state index in [0.717, 1.165) is 44.4 Å². The molecule has 138 valence electrons. The fraction of sp³-hybridized carbons (Fsp3) is 0.647. The van der Waals surface area contributed by atoms with Crippen molar-refractivity contribution >= 4 is 22.4 Å². The quantitative estimate of drug-likeness (QED) is 0.684. The molecule has 0 spiro atoms. The number of hydrogen-bond acceptors (Lipinski definition) is 4. The molecule has 5 nitrogen and oxygen atoms in total. The molecule has 1 aliphatic heterocycles. The maximum Gasteiger partial charge on any atom is 0.240 e. The number of ether oxygens (including phenoxy) is 1. The minimum Gasteiger partial charge on any atom is -0.494 e. The van der Waals surface area contributed by atoms with Crippen LogP contribution in [0.2, 0.25) is 0 Å². The molecule has 0 bridgehead atoms. The molecule has 1 heterocycles. The summed E-state index contributed by atoms with van der Waals surface area (Å²) in [6, 6.07) is 7.03. The lowest BCUT2D eigenvalue weighted by Gasteiger charge is -2.28. The Kier molecular flexibility index (Phi) is 9.05. The first-order chi connectivity index (χ1) is 11.0. The molecule has 1 aromatic rings. The Morgan fingerprint density at radius 2 is 1.96 bits per heavy atom. The van der Waals surface area contributed by atoms with Crippen molar-refractivity contribution in [3.8, 4) is 5.75 Å². The van der Waals surface area contributed by atoms with Crippen LogP contribution >= 0.6 is 12.4 Å². The Morgan fingerprint density at radius 1 is 1.25 bits per heavy atom. The van der Waals surface area contributed by atoms with Crippen molar-refractivity contribution in [3.05, 3.63) is 24.3 Å². The van der Waals surface area contributed by atoms with E-state index in [-0.39, 0.29) is 18.4 Å². The van der Waals surface area contributed by atoms with Gasteiger partial charge in [0.2, 0.25) is 10.0 Å². The van der Waals surface area contributed by atoms with Crippen LogP contribution < -0.4 is 14.8 Å². The second kappa shape index (κ2) is 10.2. The predicted octanol–water partition coefficient (Wildman–Crippen LogP) is 3.10. The van der Waals surface area contributed by atoms with Crippen LogP contribution in [0.3, 0.4) is 0 Å². The van der Waals surface area contributed by atoms with E-state index in [1.165, 1.54) is 0 Å². The molecular formula is C17H29ClN2O3S. The summed E-state index contributed by atoms with van der Waals surface area (Å²) in [5.41, 5.74) is 0.